The molecular formula is C29H33F6N5O4. The molecule has 3 amide bonds. The zero-order valence-electron chi connectivity index (χ0n) is 24.5. The molecule has 4 fully saturated rings. The van der Waals surface area contributed by atoms with Crippen molar-refractivity contribution >= 4 is 17.9 Å². The summed E-state index contributed by atoms with van der Waals surface area (Å²) < 4.78 is 86.1. The van der Waals surface area contributed by atoms with Crippen LogP contribution in [-0.4, -0.2) is 81.5 Å². The number of ether oxygens (including phenoxy) is 1. The zero-order valence-corrected chi connectivity index (χ0v) is 24.5. The predicted molar refractivity (Wildman–Crippen MR) is 141 cm³/mol. The van der Waals surface area contributed by atoms with Crippen LogP contribution in [0.5, 0.6) is 0 Å². The van der Waals surface area contributed by atoms with Gasteiger partial charge in [0, 0.05) is 25.2 Å². The quantitative estimate of drug-likeness (QED) is 0.466. The van der Waals surface area contributed by atoms with E-state index in [0.29, 0.717) is 18.6 Å². The topological polar surface area (TPSA) is 106 Å². The van der Waals surface area contributed by atoms with Gasteiger partial charge in [-0.25, -0.2) is 4.79 Å². The van der Waals surface area contributed by atoms with E-state index in [9.17, 15) is 46.0 Å². The zero-order chi connectivity index (χ0) is 32.5. The fourth-order valence-electron chi connectivity index (χ4n) is 6.72. The Labute approximate surface area is 250 Å². The highest BCUT2D eigenvalue weighted by molar-refractivity contribution is 5.89. The molecule has 1 saturated carbocycles. The van der Waals surface area contributed by atoms with Gasteiger partial charge in [0.05, 0.1) is 29.3 Å². The first-order valence-corrected chi connectivity index (χ1v) is 14.4. The highest BCUT2D eigenvalue weighted by Crippen LogP contribution is 2.48. The van der Waals surface area contributed by atoms with Crippen molar-refractivity contribution in [2.24, 2.45) is 5.92 Å². The van der Waals surface area contributed by atoms with E-state index in [1.165, 1.54) is 16.7 Å². The lowest BCUT2D eigenvalue weighted by Gasteiger charge is -2.39. The molecule has 2 bridgehead atoms. The monoisotopic (exact) mass is 629 g/mol. The second-order valence-electron chi connectivity index (χ2n) is 13.0. The number of nitrogens with zero attached hydrogens (tertiary/aromatic N) is 4. The van der Waals surface area contributed by atoms with Gasteiger partial charge in [0.25, 0.3) is 0 Å². The molecule has 5 rings (SSSR count). The molecule has 0 aromatic heterocycles. The number of piperidine rings is 1. The maximum Gasteiger partial charge on any atom is 0.416 e. The summed E-state index contributed by atoms with van der Waals surface area (Å²) >= 11 is 0. The Kier molecular flexibility index (Phi) is 7.83. The summed E-state index contributed by atoms with van der Waals surface area (Å²) in [7, 11) is 0. The van der Waals surface area contributed by atoms with Crippen LogP contribution in [-0.2, 0) is 26.7 Å². The molecule has 3 heterocycles. The summed E-state index contributed by atoms with van der Waals surface area (Å²) in [6.07, 6.45) is -9.36. The number of benzene rings is 1. The van der Waals surface area contributed by atoms with Gasteiger partial charge in [-0.3, -0.25) is 14.5 Å². The lowest BCUT2D eigenvalue weighted by atomic mass is 9.98. The van der Waals surface area contributed by atoms with E-state index in [1.54, 1.807) is 25.7 Å². The Morgan fingerprint density at radius 3 is 2.18 bits per heavy atom. The van der Waals surface area contributed by atoms with Crippen LogP contribution in [0.2, 0.25) is 0 Å². The third-order valence-electron chi connectivity index (χ3n) is 8.74. The number of carbonyl (C=O) groups excluding carboxylic acids is 3. The Morgan fingerprint density at radius 1 is 1.05 bits per heavy atom. The second kappa shape index (κ2) is 10.8. The van der Waals surface area contributed by atoms with Crippen molar-refractivity contribution in [3.63, 3.8) is 0 Å². The highest BCUT2D eigenvalue weighted by atomic mass is 19.4. The van der Waals surface area contributed by atoms with Gasteiger partial charge in [-0.05, 0) is 76.6 Å². The second-order valence-corrected chi connectivity index (χ2v) is 13.0. The van der Waals surface area contributed by atoms with Gasteiger partial charge in [-0.15, -0.1) is 0 Å². The number of nitrogens with one attached hydrogen (secondary N) is 1. The molecule has 240 valence electrons. The number of fused-ring (bicyclic) bond motifs is 3. The Bertz CT molecular complexity index is 1350. The Morgan fingerprint density at radius 2 is 1.66 bits per heavy atom. The number of carbonyl (C=O) groups is 3. The van der Waals surface area contributed by atoms with Crippen LogP contribution < -0.4 is 5.32 Å². The summed E-state index contributed by atoms with van der Waals surface area (Å²) in [6.45, 7) is 6.43. The first-order chi connectivity index (χ1) is 20.3. The molecule has 3 saturated heterocycles. The number of piperazine rings is 1. The number of alkyl carbamates (subject to hydrolysis) is 1. The number of halogens is 6. The molecular weight excluding hydrogens is 596 g/mol. The van der Waals surface area contributed by atoms with Gasteiger partial charge in [0.1, 0.15) is 17.7 Å². The van der Waals surface area contributed by atoms with Gasteiger partial charge in [0.15, 0.2) is 0 Å². The minimum atomic E-state index is -5.02. The van der Waals surface area contributed by atoms with E-state index in [-0.39, 0.29) is 43.1 Å². The van der Waals surface area contributed by atoms with Crippen molar-refractivity contribution in [3.8, 4) is 6.07 Å². The molecule has 6 unspecified atom stereocenters. The molecule has 4 aliphatic rings. The summed E-state index contributed by atoms with van der Waals surface area (Å²) in [5.41, 5.74) is -4.08. The van der Waals surface area contributed by atoms with Crippen molar-refractivity contribution in [2.45, 2.75) is 101 Å². The average molecular weight is 630 g/mol. The van der Waals surface area contributed by atoms with Gasteiger partial charge in [0.2, 0.25) is 11.8 Å². The number of hydrogen-bond donors (Lipinski definition) is 1. The van der Waals surface area contributed by atoms with Crippen molar-refractivity contribution in [1.29, 1.82) is 5.26 Å². The summed E-state index contributed by atoms with van der Waals surface area (Å²) in [5, 5.41) is 12.2. The molecule has 1 aromatic rings. The van der Waals surface area contributed by atoms with Gasteiger partial charge in [-0.1, -0.05) is 0 Å². The smallest absolute Gasteiger partial charge is 0.416 e. The van der Waals surface area contributed by atoms with Crippen LogP contribution in [0, 0.1) is 17.2 Å². The maximum absolute atomic E-state index is 13.7. The maximum atomic E-state index is 13.7. The van der Waals surface area contributed by atoms with Gasteiger partial charge < -0.3 is 19.9 Å². The van der Waals surface area contributed by atoms with Crippen LogP contribution in [0.4, 0.5) is 31.1 Å². The average Bonchev–Trinajstić information content (AvgIpc) is 3.22. The first kappa shape index (κ1) is 31.9. The summed E-state index contributed by atoms with van der Waals surface area (Å²) in [4.78, 5) is 44.4. The normalized spacial score (nSPS) is 28.0. The SMILES string of the molecule is C[C@@H](c1cc(C(F)(F)F)cc(C(F)(F)F)c1)N1C(=O)C2CC1CN2CC(NC(=O)OC(C)(C)C)C(=O)N1C(C#N)CC2CC21. The van der Waals surface area contributed by atoms with Crippen LogP contribution >= 0.6 is 0 Å². The van der Waals surface area contributed by atoms with E-state index < -0.39 is 77.2 Å². The molecule has 3 aliphatic heterocycles. The lowest BCUT2D eigenvalue weighted by molar-refractivity contribution is -0.143. The first-order valence-electron chi connectivity index (χ1n) is 14.4. The summed E-state index contributed by atoms with van der Waals surface area (Å²) in [5.74, 6) is -0.753. The molecule has 0 spiro atoms. The van der Waals surface area contributed by atoms with Crippen molar-refractivity contribution < 1.29 is 45.5 Å². The van der Waals surface area contributed by atoms with Gasteiger partial charge >= 0.3 is 18.4 Å². The highest BCUT2D eigenvalue weighted by Gasteiger charge is 2.57. The van der Waals surface area contributed by atoms with Crippen LogP contribution in [0.25, 0.3) is 0 Å². The number of alkyl halides is 6. The minimum Gasteiger partial charge on any atom is -0.444 e. The van der Waals surface area contributed by atoms with E-state index in [0.717, 1.165) is 6.42 Å². The van der Waals surface area contributed by atoms with Crippen molar-refractivity contribution in [3.05, 3.63) is 34.9 Å². The molecule has 7 atom stereocenters. The largest absolute Gasteiger partial charge is 0.444 e. The van der Waals surface area contributed by atoms with E-state index in [1.807, 2.05) is 0 Å². The molecule has 44 heavy (non-hydrogen) atoms. The van der Waals surface area contributed by atoms with Crippen LogP contribution in [0.3, 0.4) is 0 Å². The van der Waals surface area contributed by atoms with Crippen molar-refractivity contribution in [2.75, 3.05) is 13.1 Å². The number of likely N-dealkylation sites (tertiary alicyclic amines) is 3. The molecule has 15 heteroatoms. The predicted octanol–water partition coefficient (Wildman–Crippen LogP) is 4.48. The fourth-order valence-corrected chi connectivity index (χ4v) is 6.72. The molecule has 1 N–H and O–H groups in total. The van der Waals surface area contributed by atoms with E-state index in [4.69, 9.17) is 4.74 Å². The van der Waals surface area contributed by atoms with E-state index >= 15 is 0 Å². The number of amides is 3. The third kappa shape index (κ3) is 6.18. The van der Waals surface area contributed by atoms with Crippen molar-refractivity contribution in [1.82, 2.24) is 20.0 Å². The Balaban J connectivity index is 1.35. The van der Waals surface area contributed by atoms with Crippen LogP contribution in [0.15, 0.2) is 18.2 Å². The van der Waals surface area contributed by atoms with E-state index in [2.05, 4.69) is 11.4 Å². The lowest BCUT2D eigenvalue weighted by Crippen LogP contribution is -2.59. The molecule has 0 radical (unpaired) electrons. The molecule has 9 nitrogen and oxygen atoms in total. The fraction of sp³-hybridized carbons (Fsp3) is 0.655. The Hall–Kier alpha value is -3.54. The summed E-state index contributed by atoms with van der Waals surface area (Å²) in [6, 6.07) is -0.896. The van der Waals surface area contributed by atoms with Crippen LogP contribution in [0.1, 0.15) is 69.7 Å². The number of hydrogen-bond acceptors (Lipinski definition) is 6. The number of rotatable bonds is 6. The van der Waals surface area contributed by atoms with Gasteiger partial charge in [-0.2, -0.15) is 31.6 Å². The molecule has 1 aromatic carbocycles. The third-order valence-corrected chi connectivity index (χ3v) is 8.74. The number of nitriles is 1. The minimum absolute atomic E-state index is 0.0474. The standard InChI is InChI=1S/C29H33F6N5O4/c1-14(15-5-17(28(30,31)32)9-18(6-15)29(33,34)35)39-20-10-23(25(39)42)38(12-20)13-21(37-26(43)44-27(2,3)4)24(41)40-19(11-36)7-16-8-22(16)40/h5-6,9,14,16,19-23H,7-8,10,12-13H2,1-4H3,(H,37,43)/t14-,16?,19?,20?,21?,22?,23?/m0/s1. The molecule has 1 aliphatic carbocycles.